The second-order valence-corrected chi connectivity index (χ2v) is 3.27. The van der Waals surface area contributed by atoms with E-state index in [4.69, 9.17) is 0 Å². The van der Waals surface area contributed by atoms with Crippen molar-refractivity contribution in [2.75, 3.05) is 0 Å². The van der Waals surface area contributed by atoms with Crippen LogP contribution in [0.5, 0.6) is 0 Å². The normalized spacial score (nSPS) is 26.7. The number of rotatable bonds is 1. The highest BCUT2D eigenvalue weighted by Gasteiger charge is 2.21. The lowest BCUT2D eigenvalue weighted by Gasteiger charge is -1.98. The van der Waals surface area contributed by atoms with Gasteiger partial charge in [-0.1, -0.05) is 18.7 Å². The predicted octanol–water partition coefficient (Wildman–Crippen LogP) is 2.09. The van der Waals surface area contributed by atoms with E-state index in [0.717, 1.165) is 12.1 Å². The number of carbonyl (C=O) groups is 1. The summed E-state index contributed by atoms with van der Waals surface area (Å²) < 4.78 is 0. The molecule has 1 heterocycles. The van der Waals surface area contributed by atoms with Crippen LogP contribution in [0.25, 0.3) is 0 Å². The Labute approximate surface area is 58.7 Å². The standard InChI is InChI=1S/C6H9NOS/c1-3-5-4(2)9-6(8)7-5/h4H,3H2,1-2H3/t4-/m1/s1. The van der Waals surface area contributed by atoms with Crippen LogP contribution in [0.15, 0.2) is 4.99 Å². The first-order chi connectivity index (χ1) is 4.24. The second kappa shape index (κ2) is 2.52. The van der Waals surface area contributed by atoms with Gasteiger partial charge in [0.25, 0.3) is 0 Å². The molecule has 1 rings (SSSR count). The fourth-order valence-corrected chi connectivity index (χ4v) is 1.65. The number of amides is 1. The van der Waals surface area contributed by atoms with E-state index >= 15 is 0 Å². The van der Waals surface area contributed by atoms with Gasteiger partial charge in [-0.15, -0.1) is 0 Å². The van der Waals surface area contributed by atoms with Crippen LogP contribution in [0.1, 0.15) is 20.3 Å². The fraction of sp³-hybridized carbons (Fsp3) is 0.667. The van der Waals surface area contributed by atoms with Gasteiger partial charge in [0, 0.05) is 11.0 Å². The number of nitrogens with zero attached hydrogens (tertiary/aromatic N) is 1. The largest absolute Gasteiger partial charge is 0.305 e. The Hall–Kier alpha value is -0.310. The summed E-state index contributed by atoms with van der Waals surface area (Å²) in [6.07, 6.45) is 0.903. The maximum Gasteiger partial charge on any atom is 0.305 e. The topological polar surface area (TPSA) is 29.4 Å². The van der Waals surface area contributed by atoms with Gasteiger partial charge in [-0.2, -0.15) is 0 Å². The number of thioether (sulfide) groups is 1. The van der Waals surface area contributed by atoms with E-state index in [1.54, 1.807) is 0 Å². The Morgan fingerprint density at radius 3 is 2.67 bits per heavy atom. The Morgan fingerprint density at radius 1 is 1.78 bits per heavy atom. The molecule has 0 saturated carbocycles. The maximum atomic E-state index is 10.6. The molecule has 9 heavy (non-hydrogen) atoms. The lowest BCUT2D eigenvalue weighted by Crippen LogP contribution is -2.05. The highest BCUT2D eigenvalue weighted by atomic mass is 32.2. The molecule has 1 amide bonds. The molecule has 0 saturated heterocycles. The molecular weight excluding hydrogens is 134 g/mol. The summed E-state index contributed by atoms with van der Waals surface area (Å²) in [5.74, 6) is 0. The zero-order chi connectivity index (χ0) is 6.85. The molecule has 0 N–H and O–H groups in total. The third-order valence-corrected chi connectivity index (χ3v) is 2.26. The van der Waals surface area contributed by atoms with Gasteiger partial charge in [0.15, 0.2) is 0 Å². The van der Waals surface area contributed by atoms with E-state index in [-0.39, 0.29) is 5.24 Å². The van der Waals surface area contributed by atoms with Crippen LogP contribution in [-0.2, 0) is 0 Å². The quantitative estimate of drug-likeness (QED) is 0.562. The summed E-state index contributed by atoms with van der Waals surface area (Å²) in [6.45, 7) is 4.03. The Kier molecular flexibility index (Phi) is 1.90. The minimum atomic E-state index is -0.0284. The van der Waals surface area contributed by atoms with Crippen molar-refractivity contribution in [3.05, 3.63) is 0 Å². The Bertz CT molecular complexity index is 164. The fourth-order valence-electron chi connectivity index (χ4n) is 0.820. The molecule has 1 aliphatic heterocycles. The van der Waals surface area contributed by atoms with E-state index < -0.39 is 0 Å². The van der Waals surface area contributed by atoms with Crippen molar-refractivity contribution in [3.8, 4) is 0 Å². The lowest BCUT2D eigenvalue weighted by molar-refractivity contribution is 0.268. The first-order valence-corrected chi connectivity index (χ1v) is 3.90. The average Bonchev–Trinajstić information content (AvgIpc) is 2.10. The van der Waals surface area contributed by atoms with E-state index in [2.05, 4.69) is 4.99 Å². The van der Waals surface area contributed by atoms with E-state index in [9.17, 15) is 4.79 Å². The van der Waals surface area contributed by atoms with Crippen molar-refractivity contribution in [3.63, 3.8) is 0 Å². The smallest absolute Gasteiger partial charge is 0.259 e. The molecule has 50 valence electrons. The number of carbonyl (C=O) groups excluding carboxylic acids is 1. The predicted molar refractivity (Wildman–Crippen MR) is 40.2 cm³/mol. The van der Waals surface area contributed by atoms with Crippen molar-refractivity contribution >= 4 is 22.7 Å². The van der Waals surface area contributed by atoms with Gasteiger partial charge in [-0.05, 0) is 13.3 Å². The van der Waals surface area contributed by atoms with Gasteiger partial charge < -0.3 is 0 Å². The minimum absolute atomic E-state index is 0.0284. The van der Waals surface area contributed by atoms with Crippen LogP contribution in [-0.4, -0.2) is 16.2 Å². The molecule has 0 fully saturated rings. The number of aliphatic imine (C=N–C) groups is 1. The van der Waals surface area contributed by atoms with Crippen LogP contribution in [0.2, 0.25) is 0 Å². The molecule has 1 aliphatic rings. The molecule has 1 atom stereocenters. The molecule has 2 nitrogen and oxygen atoms in total. The van der Waals surface area contributed by atoms with Gasteiger partial charge in [0.1, 0.15) is 0 Å². The van der Waals surface area contributed by atoms with Crippen molar-refractivity contribution in [1.29, 1.82) is 0 Å². The van der Waals surface area contributed by atoms with Crippen LogP contribution >= 0.6 is 11.8 Å². The number of hydrogen-bond acceptors (Lipinski definition) is 2. The van der Waals surface area contributed by atoms with Gasteiger partial charge >= 0.3 is 5.24 Å². The third kappa shape index (κ3) is 1.33. The monoisotopic (exact) mass is 143 g/mol. The molecule has 0 aromatic carbocycles. The molecule has 3 heteroatoms. The van der Waals surface area contributed by atoms with Crippen LogP contribution < -0.4 is 0 Å². The van der Waals surface area contributed by atoms with E-state index in [1.165, 1.54) is 11.8 Å². The van der Waals surface area contributed by atoms with Gasteiger partial charge in [-0.3, -0.25) is 4.79 Å². The van der Waals surface area contributed by atoms with Gasteiger partial charge in [0.2, 0.25) is 0 Å². The van der Waals surface area contributed by atoms with Crippen LogP contribution in [0.3, 0.4) is 0 Å². The van der Waals surface area contributed by atoms with Gasteiger partial charge in [0.05, 0.1) is 0 Å². The molecule has 0 bridgehead atoms. The lowest BCUT2D eigenvalue weighted by atomic mass is 10.2. The Morgan fingerprint density at radius 2 is 2.44 bits per heavy atom. The van der Waals surface area contributed by atoms with Gasteiger partial charge in [-0.25, -0.2) is 4.99 Å². The van der Waals surface area contributed by atoms with Crippen molar-refractivity contribution < 1.29 is 4.79 Å². The maximum absolute atomic E-state index is 10.6. The first kappa shape index (κ1) is 6.81. The summed E-state index contributed by atoms with van der Waals surface area (Å²) in [4.78, 5) is 14.4. The second-order valence-electron chi connectivity index (χ2n) is 1.98. The van der Waals surface area contributed by atoms with Crippen molar-refractivity contribution in [1.82, 2.24) is 0 Å². The van der Waals surface area contributed by atoms with E-state index in [0.29, 0.717) is 5.25 Å². The summed E-state index contributed by atoms with van der Waals surface area (Å²) in [5, 5.41) is 0.293. The van der Waals surface area contributed by atoms with Crippen molar-refractivity contribution in [2.24, 2.45) is 4.99 Å². The number of hydrogen-bond donors (Lipinski definition) is 0. The molecule has 0 spiro atoms. The summed E-state index contributed by atoms with van der Waals surface area (Å²) in [5.41, 5.74) is 1.03. The Balaban J connectivity index is 2.68. The highest BCUT2D eigenvalue weighted by molar-refractivity contribution is 8.15. The molecule has 0 unspecified atom stereocenters. The van der Waals surface area contributed by atoms with E-state index in [1.807, 2.05) is 13.8 Å². The van der Waals surface area contributed by atoms with Crippen molar-refractivity contribution in [2.45, 2.75) is 25.5 Å². The highest BCUT2D eigenvalue weighted by Crippen LogP contribution is 2.23. The SMILES string of the molecule is CCC1=NC(=O)S[C@@H]1C. The molecular formula is C6H9NOS. The first-order valence-electron chi connectivity index (χ1n) is 3.02. The minimum Gasteiger partial charge on any atom is -0.259 e. The molecule has 0 aromatic rings. The molecule has 0 aromatic heterocycles. The summed E-state index contributed by atoms with van der Waals surface area (Å²) in [7, 11) is 0. The zero-order valence-electron chi connectivity index (χ0n) is 5.55. The average molecular weight is 143 g/mol. The zero-order valence-corrected chi connectivity index (χ0v) is 6.36. The molecule has 0 radical (unpaired) electrons. The van der Waals surface area contributed by atoms with Crippen LogP contribution in [0, 0.1) is 0 Å². The molecule has 0 aliphatic carbocycles. The summed E-state index contributed by atoms with van der Waals surface area (Å²) in [6, 6.07) is 0. The summed E-state index contributed by atoms with van der Waals surface area (Å²) >= 11 is 1.31. The third-order valence-electron chi connectivity index (χ3n) is 1.34. The van der Waals surface area contributed by atoms with Crippen LogP contribution in [0.4, 0.5) is 4.79 Å².